The van der Waals surface area contributed by atoms with Crippen LogP contribution in [0.3, 0.4) is 0 Å². The average molecular weight is 296 g/mol. The van der Waals surface area contributed by atoms with E-state index in [2.05, 4.69) is 6.92 Å². The fourth-order valence-corrected chi connectivity index (χ4v) is 3.31. The molecular weight excluding hydrogens is 268 g/mol. The van der Waals surface area contributed by atoms with E-state index in [0.29, 0.717) is 12.5 Å². The number of carboxylic acid groups (broad SMARTS) is 1. The van der Waals surface area contributed by atoms with Gasteiger partial charge in [0.2, 0.25) is 0 Å². The van der Waals surface area contributed by atoms with Gasteiger partial charge in [-0.05, 0) is 51.4 Å². The predicted octanol–water partition coefficient (Wildman–Crippen LogP) is 2.66. The first-order valence-electron chi connectivity index (χ1n) is 8.09. The summed E-state index contributed by atoms with van der Waals surface area (Å²) in [4.78, 5) is 27.8. The molecule has 2 rings (SSSR count). The largest absolute Gasteiger partial charge is 0.481 e. The molecule has 2 aliphatic heterocycles. The first-order valence-corrected chi connectivity index (χ1v) is 8.09. The van der Waals surface area contributed by atoms with Crippen LogP contribution < -0.4 is 0 Å². The van der Waals surface area contributed by atoms with Crippen molar-refractivity contribution >= 4 is 12.0 Å². The van der Waals surface area contributed by atoms with Gasteiger partial charge in [-0.2, -0.15) is 0 Å². The highest BCUT2D eigenvalue weighted by Crippen LogP contribution is 2.34. The Morgan fingerprint density at radius 2 is 1.67 bits per heavy atom. The third-order valence-electron chi connectivity index (χ3n) is 5.32. The number of aliphatic carboxylic acids is 1. The minimum Gasteiger partial charge on any atom is -0.481 e. The molecule has 2 amide bonds. The third-order valence-corrected chi connectivity index (χ3v) is 5.32. The molecule has 0 radical (unpaired) electrons. The van der Waals surface area contributed by atoms with Crippen LogP contribution in [-0.2, 0) is 4.79 Å². The van der Waals surface area contributed by atoms with E-state index >= 15 is 0 Å². The Morgan fingerprint density at radius 1 is 1.05 bits per heavy atom. The molecule has 0 saturated carbocycles. The first kappa shape index (κ1) is 16.1. The zero-order chi connectivity index (χ0) is 15.6. The highest BCUT2D eigenvalue weighted by Gasteiger charge is 2.40. The van der Waals surface area contributed by atoms with Crippen molar-refractivity contribution in [2.45, 2.75) is 46.5 Å². The number of nitrogens with zero attached hydrogens (tertiary/aromatic N) is 2. The molecule has 2 heterocycles. The van der Waals surface area contributed by atoms with E-state index in [4.69, 9.17) is 0 Å². The maximum absolute atomic E-state index is 12.6. The number of urea groups is 1. The minimum absolute atomic E-state index is 0.0383. The average Bonchev–Trinajstić information content (AvgIpc) is 2.47. The monoisotopic (exact) mass is 296 g/mol. The molecule has 1 atom stereocenters. The van der Waals surface area contributed by atoms with Crippen LogP contribution in [-0.4, -0.2) is 53.1 Å². The Labute approximate surface area is 127 Å². The summed E-state index contributed by atoms with van der Waals surface area (Å²) in [5.41, 5.74) is -0.768. The van der Waals surface area contributed by atoms with Gasteiger partial charge in [-0.25, -0.2) is 4.79 Å². The topological polar surface area (TPSA) is 60.9 Å². The molecule has 2 saturated heterocycles. The highest BCUT2D eigenvalue weighted by molar-refractivity contribution is 5.76. The van der Waals surface area contributed by atoms with Crippen molar-refractivity contribution in [3.63, 3.8) is 0 Å². The van der Waals surface area contributed by atoms with Crippen molar-refractivity contribution in [1.29, 1.82) is 0 Å². The Balaban J connectivity index is 1.97. The molecule has 0 aromatic carbocycles. The molecule has 2 aliphatic rings. The van der Waals surface area contributed by atoms with Crippen molar-refractivity contribution < 1.29 is 14.7 Å². The van der Waals surface area contributed by atoms with Crippen LogP contribution in [0.5, 0.6) is 0 Å². The third kappa shape index (κ3) is 3.50. The Bertz CT molecular complexity index is 400. The summed E-state index contributed by atoms with van der Waals surface area (Å²) in [6.45, 7) is 8.79. The molecule has 0 bridgehead atoms. The molecule has 21 heavy (non-hydrogen) atoms. The normalized spacial score (nSPS) is 25.0. The molecular formula is C16H28N2O3. The Hall–Kier alpha value is -1.26. The van der Waals surface area contributed by atoms with Crippen LogP contribution in [0.1, 0.15) is 46.5 Å². The fourth-order valence-electron chi connectivity index (χ4n) is 3.31. The summed E-state index contributed by atoms with van der Waals surface area (Å²) >= 11 is 0. The van der Waals surface area contributed by atoms with Crippen LogP contribution in [0.2, 0.25) is 0 Å². The molecule has 120 valence electrons. The number of carbonyl (C=O) groups excluding carboxylic acids is 1. The van der Waals surface area contributed by atoms with E-state index in [1.807, 2.05) is 9.80 Å². The molecule has 0 spiro atoms. The van der Waals surface area contributed by atoms with Crippen LogP contribution in [0, 0.1) is 17.3 Å². The van der Waals surface area contributed by atoms with Crippen molar-refractivity contribution in [2.24, 2.45) is 17.3 Å². The van der Waals surface area contributed by atoms with Gasteiger partial charge in [0.25, 0.3) is 0 Å². The maximum atomic E-state index is 12.6. The van der Waals surface area contributed by atoms with Gasteiger partial charge < -0.3 is 14.9 Å². The number of carboxylic acids is 1. The second-order valence-electron chi connectivity index (χ2n) is 7.26. The van der Waals surface area contributed by atoms with Gasteiger partial charge >= 0.3 is 12.0 Å². The van der Waals surface area contributed by atoms with Crippen LogP contribution in [0.15, 0.2) is 0 Å². The second-order valence-corrected chi connectivity index (χ2v) is 7.26. The number of hydrogen-bond donors (Lipinski definition) is 1. The Morgan fingerprint density at radius 3 is 2.24 bits per heavy atom. The Kier molecular flexibility index (Phi) is 4.79. The molecule has 0 aliphatic carbocycles. The van der Waals surface area contributed by atoms with E-state index < -0.39 is 11.4 Å². The summed E-state index contributed by atoms with van der Waals surface area (Å²) in [7, 11) is 0. The highest BCUT2D eigenvalue weighted by atomic mass is 16.4. The van der Waals surface area contributed by atoms with Gasteiger partial charge in [-0.15, -0.1) is 0 Å². The molecule has 0 aromatic rings. The molecule has 2 fully saturated rings. The summed E-state index contributed by atoms with van der Waals surface area (Å²) in [5, 5.41) is 9.38. The van der Waals surface area contributed by atoms with Crippen molar-refractivity contribution in [3.8, 4) is 0 Å². The van der Waals surface area contributed by atoms with Gasteiger partial charge in [0.1, 0.15) is 0 Å². The summed E-state index contributed by atoms with van der Waals surface area (Å²) in [6, 6.07) is 0.104. The molecule has 1 N–H and O–H groups in total. The lowest BCUT2D eigenvalue weighted by molar-refractivity contribution is -0.151. The van der Waals surface area contributed by atoms with Gasteiger partial charge in [0.15, 0.2) is 0 Å². The number of amides is 2. The number of rotatable bonds is 2. The van der Waals surface area contributed by atoms with E-state index in [9.17, 15) is 14.7 Å². The van der Waals surface area contributed by atoms with E-state index in [0.717, 1.165) is 45.3 Å². The standard InChI is InChI=1S/C16H28N2O3/c1-12-6-9-17(10-7-12)15(21)18-8-4-5-13(11-18)16(2,3)14(19)20/h12-13H,4-11H2,1-3H3,(H,19,20). The number of piperidine rings is 2. The van der Waals surface area contributed by atoms with E-state index in [1.165, 1.54) is 0 Å². The van der Waals surface area contributed by atoms with Crippen molar-refractivity contribution in [1.82, 2.24) is 9.80 Å². The van der Waals surface area contributed by atoms with Gasteiger partial charge in [0.05, 0.1) is 5.41 Å². The minimum atomic E-state index is -0.770. The predicted molar refractivity (Wildman–Crippen MR) is 81.1 cm³/mol. The van der Waals surface area contributed by atoms with Gasteiger partial charge in [0, 0.05) is 26.2 Å². The van der Waals surface area contributed by atoms with Gasteiger partial charge in [-0.3, -0.25) is 4.79 Å². The van der Waals surface area contributed by atoms with Crippen molar-refractivity contribution in [3.05, 3.63) is 0 Å². The second kappa shape index (κ2) is 6.24. The zero-order valence-corrected chi connectivity index (χ0v) is 13.5. The molecule has 5 nitrogen and oxygen atoms in total. The quantitative estimate of drug-likeness (QED) is 0.852. The molecule has 1 unspecified atom stereocenters. The van der Waals surface area contributed by atoms with E-state index in [-0.39, 0.29) is 11.9 Å². The summed E-state index contributed by atoms with van der Waals surface area (Å²) < 4.78 is 0. The number of hydrogen-bond acceptors (Lipinski definition) is 2. The first-order chi connectivity index (χ1) is 9.82. The lowest BCUT2D eigenvalue weighted by atomic mass is 9.74. The SMILES string of the molecule is CC1CCN(C(=O)N2CCCC(C(C)(C)C(=O)O)C2)CC1. The van der Waals surface area contributed by atoms with Crippen molar-refractivity contribution in [2.75, 3.05) is 26.2 Å². The van der Waals surface area contributed by atoms with Crippen LogP contribution in [0.25, 0.3) is 0 Å². The number of carbonyl (C=O) groups is 2. The molecule has 5 heteroatoms. The van der Waals surface area contributed by atoms with Gasteiger partial charge in [-0.1, -0.05) is 6.92 Å². The summed E-state index contributed by atoms with van der Waals surface area (Å²) in [5.74, 6) is -0.0286. The van der Waals surface area contributed by atoms with Crippen LogP contribution in [0.4, 0.5) is 4.79 Å². The lowest BCUT2D eigenvalue weighted by Crippen LogP contribution is -2.52. The maximum Gasteiger partial charge on any atom is 0.320 e. The molecule has 0 aromatic heterocycles. The van der Waals surface area contributed by atoms with E-state index in [1.54, 1.807) is 13.8 Å². The fraction of sp³-hybridized carbons (Fsp3) is 0.875. The lowest BCUT2D eigenvalue weighted by Gasteiger charge is -2.42. The summed E-state index contributed by atoms with van der Waals surface area (Å²) in [6.07, 6.45) is 3.94. The zero-order valence-electron chi connectivity index (χ0n) is 13.5. The smallest absolute Gasteiger partial charge is 0.320 e. The number of likely N-dealkylation sites (tertiary alicyclic amines) is 2. The van der Waals surface area contributed by atoms with Crippen LogP contribution >= 0.6 is 0 Å².